The Morgan fingerprint density at radius 3 is 2.92 bits per heavy atom. The molecule has 3 heteroatoms. The fraction of sp³-hybridized carbons (Fsp3) is 0.889. The predicted molar refractivity (Wildman–Crippen MR) is 46.6 cm³/mol. The lowest BCUT2D eigenvalue weighted by Gasteiger charge is -2.25. The minimum Gasteiger partial charge on any atom is -0.469 e. The monoisotopic (exact) mass is 171 g/mol. The summed E-state index contributed by atoms with van der Waals surface area (Å²) >= 11 is 0. The van der Waals surface area contributed by atoms with Gasteiger partial charge in [-0.15, -0.1) is 0 Å². The maximum atomic E-state index is 10.9. The first-order valence-corrected chi connectivity index (χ1v) is 4.54. The number of nitrogens with two attached hydrogens (primary N) is 1. The minimum absolute atomic E-state index is 0.103. The molecule has 0 aromatic carbocycles. The first-order valence-electron chi connectivity index (χ1n) is 4.54. The Balaban J connectivity index is 2.27. The molecule has 0 aromatic rings. The van der Waals surface area contributed by atoms with Crippen molar-refractivity contribution in [1.82, 2.24) is 0 Å². The van der Waals surface area contributed by atoms with E-state index in [1.807, 2.05) is 0 Å². The van der Waals surface area contributed by atoms with Crippen molar-refractivity contribution in [2.45, 2.75) is 38.1 Å². The van der Waals surface area contributed by atoms with Crippen LogP contribution in [-0.2, 0) is 9.53 Å². The summed E-state index contributed by atoms with van der Waals surface area (Å²) in [4.78, 5) is 10.9. The molecule has 0 unspecified atom stereocenters. The number of hydrogen-bond donors (Lipinski definition) is 1. The first kappa shape index (κ1) is 9.52. The Labute approximate surface area is 73.3 Å². The normalized spacial score (nSPS) is 29.8. The van der Waals surface area contributed by atoms with Crippen molar-refractivity contribution < 1.29 is 9.53 Å². The van der Waals surface area contributed by atoms with E-state index in [-0.39, 0.29) is 5.97 Å². The fourth-order valence-corrected chi connectivity index (χ4v) is 1.84. The fourth-order valence-electron chi connectivity index (χ4n) is 1.84. The highest BCUT2D eigenvalue weighted by Crippen LogP contribution is 2.25. The van der Waals surface area contributed by atoms with Crippen LogP contribution in [0.15, 0.2) is 0 Å². The summed E-state index contributed by atoms with van der Waals surface area (Å²) in [7, 11) is 1.44. The summed E-state index contributed by atoms with van der Waals surface area (Å²) in [6, 6.07) is 0.299. The van der Waals surface area contributed by atoms with Gasteiger partial charge in [0.2, 0.25) is 0 Å². The summed E-state index contributed by atoms with van der Waals surface area (Å²) in [6.45, 7) is 0. The zero-order chi connectivity index (χ0) is 8.97. The van der Waals surface area contributed by atoms with E-state index >= 15 is 0 Å². The van der Waals surface area contributed by atoms with Crippen molar-refractivity contribution in [2.75, 3.05) is 7.11 Å². The molecule has 1 rings (SSSR count). The van der Waals surface area contributed by atoms with Crippen LogP contribution in [0.1, 0.15) is 32.1 Å². The van der Waals surface area contributed by atoms with Crippen LogP contribution < -0.4 is 5.73 Å². The van der Waals surface area contributed by atoms with Crippen LogP contribution in [0.5, 0.6) is 0 Å². The van der Waals surface area contributed by atoms with Gasteiger partial charge in [0.25, 0.3) is 0 Å². The van der Waals surface area contributed by atoms with E-state index in [9.17, 15) is 4.79 Å². The number of carbonyl (C=O) groups is 1. The third kappa shape index (κ3) is 2.81. The van der Waals surface area contributed by atoms with Crippen molar-refractivity contribution in [3.8, 4) is 0 Å². The van der Waals surface area contributed by atoms with Crippen LogP contribution >= 0.6 is 0 Å². The van der Waals surface area contributed by atoms with Gasteiger partial charge in [-0.25, -0.2) is 0 Å². The lowest BCUT2D eigenvalue weighted by Crippen LogP contribution is -2.29. The number of esters is 1. The molecule has 1 aliphatic carbocycles. The van der Waals surface area contributed by atoms with E-state index < -0.39 is 0 Å². The molecule has 0 aliphatic heterocycles. The molecule has 1 fully saturated rings. The van der Waals surface area contributed by atoms with Crippen molar-refractivity contribution in [1.29, 1.82) is 0 Å². The summed E-state index contributed by atoms with van der Waals surface area (Å²) < 4.78 is 4.61. The van der Waals surface area contributed by atoms with Gasteiger partial charge in [-0.05, 0) is 25.2 Å². The van der Waals surface area contributed by atoms with Gasteiger partial charge >= 0.3 is 5.97 Å². The average molecular weight is 171 g/mol. The number of rotatable bonds is 2. The van der Waals surface area contributed by atoms with Crippen LogP contribution in [-0.4, -0.2) is 19.1 Å². The summed E-state index contributed by atoms with van der Waals surface area (Å²) in [5.41, 5.74) is 5.79. The van der Waals surface area contributed by atoms with Crippen molar-refractivity contribution in [3.63, 3.8) is 0 Å². The van der Waals surface area contributed by atoms with Gasteiger partial charge in [0.15, 0.2) is 0 Å². The molecule has 0 amide bonds. The molecular formula is C9H17NO2. The zero-order valence-electron chi connectivity index (χ0n) is 7.58. The Morgan fingerprint density at radius 2 is 2.33 bits per heavy atom. The zero-order valence-corrected chi connectivity index (χ0v) is 7.58. The molecule has 0 heterocycles. The number of hydrogen-bond acceptors (Lipinski definition) is 3. The standard InChI is InChI=1S/C9H17NO2/c1-12-9(11)6-7-3-2-4-8(10)5-7/h7-8H,2-6,10H2,1H3/t7-,8-/m0/s1. The maximum absolute atomic E-state index is 10.9. The Morgan fingerprint density at radius 1 is 1.58 bits per heavy atom. The second-order valence-electron chi connectivity index (χ2n) is 3.57. The second kappa shape index (κ2) is 4.45. The van der Waals surface area contributed by atoms with Gasteiger partial charge in [-0.1, -0.05) is 6.42 Å². The molecule has 2 N–H and O–H groups in total. The van der Waals surface area contributed by atoms with E-state index in [0.717, 1.165) is 25.7 Å². The van der Waals surface area contributed by atoms with Crippen molar-refractivity contribution in [2.24, 2.45) is 11.7 Å². The molecule has 1 aliphatic rings. The van der Waals surface area contributed by atoms with Gasteiger partial charge in [-0.2, -0.15) is 0 Å². The SMILES string of the molecule is COC(=O)C[C@H]1CCC[C@H](N)C1. The predicted octanol–water partition coefficient (Wildman–Crippen LogP) is 1.07. The van der Waals surface area contributed by atoms with Crippen LogP contribution in [0.25, 0.3) is 0 Å². The molecule has 1 saturated carbocycles. The quantitative estimate of drug-likeness (QED) is 0.632. The van der Waals surface area contributed by atoms with Crippen LogP contribution in [0.4, 0.5) is 0 Å². The largest absolute Gasteiger partial charge is 0.469 e. The van der Waals surface area contributed by atoms with Crippen molar-refractivity contribution >= 4 is 5.97 Å². The maximum Gasteiger partial charge on any atom is 0.305 e. The topological polar surface area (TPSA) is 52.3 Å². The number of ether oxygens (including phenoxy) is 1. The molecule has 0 spiro atoms. The number of carbonyl (C=O) groups excluding carboxylic acids is 1. The molecule has 12 heavy (non-hydrogen) atoms. The summed E-state index contributed by atoms with van der Waals surface area (Å²) in [5.74, 6) is 0.357. The lowest BCUT2D eigenvalue weighted by molar-refractivity contribution is -0.142. The molecule has 3 nitrogen and oxygen atoms in total. The lowest BCUT2D eigenvalue weighted by atomic mass is 9.84. The van der Waals surface area contributed by atoms with Gasteiger partial charge in [0.05, 0.1) is 7.11 Å². The summed E-state index contributed by atoms with van der Waals surface area (Å²) in [6.07, 6.45) is 4.92. The molecule has 2 atom stereocenters. The average Bonchev–Trinajstić information content (AvgIpc) is 2.04. The molecular weight excluding hydrogens is 154 g/mol. The second-order valence-corrected chi connectivity index (χ2v) is 3.57. The Hall–Kier alpha value is -0.570. The highest BCUT2D eigenvalue weighted by Gasteiger charge is 2.21. The van der Waals surface area contributed by atoms with Gasteiger partial charge in [0, 0.05) is 12.5 Å². The first-order chi connectivity index (χ1) is 5.72. The van der Waals surface area contributed by atoms with Gasteiger partial charge in [-0.3, -0.25) is 4.79 Å². The highest BCUT2D eigenvalue weighted by molar-refractivity contribution is 5.69. The van der Waals surface area contributed by atoms with Crippen LogP contribution in [0.2, 0.25) is 0 Å². The molecule has 0 aromatic heterocycles. The van der Waals surface area contributed by atoms with Gasteiger partial charge < -0.3 is 10.5 Å². The Kier molecular flexibility index (Phi) is 3.53. The minimum atomic E-state index is -0.103. The molecule has 0 bridgehead atoms. The van der Waals surface area contributed by atoms with E-state index in [2.05, 4.69) is 4.74 Å². The molecule has 0 saturated heterocycles. The van der Waals surface area contributed by atoms with Crippen molar-refractivity contribution in [3.05, 3.63) is 0 Å². The third-order valence-corrected chi connectivity index (χ3v) is 2.51. The summed E-state index contributed by atoms with van der Waals surface area (Å²) in [5, 5.41) is 0. The molecule has 70 valence electrons. The van der Waals surface area contributed by atoms with E-state index in [0.29, 0.717) is 18.4 Å². The van der Waals surface area contributed by atoms with E-state index in [4.69, 9.17) is 5.73 Å². The smallest absolute Gasteiger partial charge is 0.305 e. The van der Waals surface area contributed by atoms with E-state index in [1.54, 1.807) is 0 Å². The van der Waals surface area contributed by atoms with Gasteiger partial charge in [0.1, 0.15) is 0 Å². The molecule has 0 radical (unpaired) electrons. The Bertz CT molecular complexity index is 159. The number of methoxy groups -OCH3 is 1. The van der Waals surface area contributed by atoms with Crippen LogP contribution in [0, 0.1) is 5.92 Å². The third-order valence-electron chi connectivity index (χ3n) is 2.51. The van der Waals surface area contributed by atoms with Crippen LogP contribution in [0.3, 0.4) is 0 Å². The van der Waals surface area contributed by atoms with E-state index in [1.165, 1.54) is 7.11 Å². The highest BCUT2D eigenvalue weighted by atomic mass is 16.5.